The Kier molecular flexibility index (Phi) is 7.64. The van der Waals surface area contributed by atoms with E-state index in [1.54, 1.807) is 18.1 Å². The van der Waals surface area contributed by atoms with Crippen molar-refractivity contribution in [1.29, 1.82) is 0 Å². The molecule has 2 unspecified atom stereocenters. The minimum Gasteiger partial charge on any atom is -0.348 e. The lowest BCUT2D eigenvalue weighted by molar-refractivity contribution is -0.145. The van der Waals surface area contributed by atoms with Crippen LogP contribution in [-0.2, 0) is 19.8 Å². The Hall–Kier alpha value is -3.00. The quantitative estimate of drug-likeness (QED) is 0.594. The first-order valence-electron chi connectivity index (χ1n) is 13.1. The fraction of sp³-hybridized carbons (Fsp3) is 0.571. The van der Waals surface area contributed by atoms with Gasteiger partial charge in [-0.15, -0.1) is 0 Å². The molecule has 0 radical (unpaired) electrons. The standard InChI is InChI=1S/C28H39N5O3/c1-5-33(4)28(14-8-9-15-28)26(36)32(3)19-23(34)30-21-11-6-7-13-27(18-20(2)17-21)22-12-10-16-29-24(22)31-25(27)35/h6-7,10,12,16-17,21H,5,8-9,11,13-15,18-19H2,1-4H3,(H,30,34)(H,29,31,35)/b7-6+,20-17+. The molecule has 1 aliphatic heterocycles. The summed E-state index contributed by atoms with van der Waals surface area (Å²) >= 11 is 0. The van der Waals surface area contributed by atoms with Crippen LogP contribution in [0.3, 0.4) is 0 Å². The van der Waals surface area contributed by atoms with E-state index in [0.29, 0.717) is 25.1 Å². The number of fused-ring (bicyclic) bond motifs is 2. The molecular formula is C28H39N5O3. The van der Waals surface area contributed by atoms with Gasteiger partial charge >= 0.3 is 0 Å². The highest BCUT2D eigenvalue weighted by Gasteiger charge is 2.47. The molecule has 1 aromatic rings. The number of likely N-dealkylation sites (N-methyl/N-ethyl adjacent to an activating group) is 2. The molecule has 3 aliphatic rings. The molecule has 1 saturated carbocycles. The second-order valence-electron chi connectivity index (χ2n) is 10.6. The van der Waals surface area contributed by atoms with E-state index < -0.39 is 11.0 Å². The topological polar surface area (TPSA) is 94.6 Å². The molecule has 4 rings (SSSR count). The number of anilines is 1. The highest BCUT2D eigenvalue weighted by atomic mass is 16.2. The van der Waals surface area contributed by atoms with E-state index in [-0.39, 0.29) is 30.3 Å². The molecular weight excluding hydrogens is 454 g/mol. The van der Waals surface area contributed by atoms with Crippen LogP contribution in [0.1, 0.15) is 64.4 Å². The van der Waals surface area contributed by atoms with Gasteiger partial charge in [0.25, 0.3) is 0 Å². The van der Waals surface area contributed by atoms with E-state index >= 15 is 0 Å². The second kappa shape index (κ2) is 10.5. The van der Waals surface area contributed by atoms with Gasteiger partial charge in [0, 0.05) is 18.8 Å². The van der Waals surface area contributed by atoms with Crippen molar-refractivity contribution in [2.24, 2.45) is 0 Å². The Balaban J connectivity index is 1.44. The van der Waals surface area contributed by atoms with Gasteiger partial charge in [-0.1, -0.05) is 49.6 Å². The van der Waals surface area contributed by atoms with Crippen molar-refractivity contribution in [2.75, 3.05) is 32.5 Å². The fourth-order valence-corrected chi connectivity index (χ4v) is 6.18. The van der Waals surface area contributed by atoms with Crippen molar-refractivity contribution in [3.63, 3.8) is 0 Å². The van der Waals surface area contributed by atoms with Crippen LogP contribution < -0.4 is 10.6 Å². The molecule has 2 N–H and O–H groups in total. The molecule has 194 valence electrons. The molecule has 3 amide bonds. The number of rotatable bonds is 6. The lowest BCUT2D eigenvalue weighted by Gasteiger charge is -2.39. The van der Waals surface area contributed by atoms with Crippen LogP contribution in [0.2, 0.25) is 0 Å². The Morgan fingerprint density at radius 1 is 1.22 bits per heavy atom. The largest absolute Gasteiger partial charge is 0.348 e. The highest BCUT2D eigenvalue weighted by molar-refractivity contribution is 6.05. The number of hydrogen-bond donors (Lipinski definition) is 2. The highest BCUT2D eigenvalue weighted by Crippen LogP contribution is 2.44. The molecule has 1 spiro atoms. The smallest absolute Gasteiger partial charge is 0.243 e. The van der Waals surface area contributed by atoms with E-state index in [9.17, 15) is 14.4 Å². The average Bonchev–Trinajstić information content (AvgIpc) is 3.46. The zero-order valence-corrected chi connectivity index (χ0v) is 22.0. The molecule has 36 heavy (non-hydrogen) atoms. The van der Waals surface area contributed by atoms with Crippen LogP contribution in [0.5, 0.6) is 0 Å². The lowest BCUT2D eigenvalue weighted by atomic mass is 9.74. The summed E-state index contributed by atoms with van der Waals surface area (Å²) in [5, 5.41) is 6.04. The van der Waals surface area contributed by atoms with Crippen LogP contribution in [0.25, 0.3) is 0 Å². The fourth-order valence-electron chi connectivity index (χ4n) is 6.18. The minimum absolute atomic E-state index is 0.0244. The minimum atomic E-state index is -0.687. The number of pyridine rings is 1. The SMILES string of the molecule is CCN(C)C1(C(=O)N(C)CC(=O)NC2/C=C(\C)CC3(C/C=C/C2)C(=O)Nc2ncccc23)CCCC1. The molecule has 0 aromatic carbocycles. The van der Waals surface area contributed by atoms with Crippen LogP contribution >= 0.6 is 0 Å². The molecule has 0 bridgehead atoms. The molecule has 8 nitrogen and oxygen atoms in total. The predicted octanol–water partition coefficient (Wildman–Crippen LogP) is 3.17. The Labute approximate surface area is 214 Å². The van der Waals surface area contributed by atoms with Gasteiger partial charge in [-0.2, -0.15) is 0 Å². The summed E-state index contributed by atoms with van der Waals surface area (Å²) in [4.78, 5) is 47.5. The van der Waals surface area contributed by atoms with Gasteiger partial charge in [0.1, 0.15) is 11.4 Å². The predicted molar refractivity (Wildman–Crippen MR) is 140 cm³/mol. The third-order valence-corrected chi connectivity index (χ3v) is 8.19. The molecule has 2 aliphatic carbocycles. The summed E-state index contributed by atoms with van der Waals surface area (Å²) in [6.45, 7) is 4.89. The normalized spacial score (nSPS) is 27.3. The number of hydrogen-bond acceptors (Lipinski definition) is 5. The average molecular weight is 494 g/mol. The Bertz CT molecular complexity index is 1070. The van der Waals surface area contributed by atoms with E-state index in [2.05, 4.69) is 27.4 Å². The maximum atomic E-state index is 13.4. The van der Waals surface area contributed by atoms with Gasteiger partial charge in [0.15, 0.2) is 0 Å². The lowest BCUT2D eigenvalue weighted by Crippen LogP contribution is -2.57. The van der Waals surface area contributed by atoms with E-state index in [1.807, 2.05) is 44.3 Å². The molecule has 1 fully saturated rings. The zero-order chi connectivity index (χ0) is 25.9. The summed E-state index contributed by atoms with van der Waals surface area (Å²) in [6.07, 6.45) is 13.3. The van der Waals surface area contributed by atoms with Crippen molar-refractivity contribution < 1.29 is 14.4 Å². The van der Waals surface area contributed by atoms with Crippen LogP contribution in [-0.4, -0.2) is 71.3 Å². The van der Waals surface area contributed by atoms with Crippen molar-refractivity contribution in [1.82, 2.24) is 20.1 Å². The molecule has 0 saturated heterocycles. The van der Waals surface area contributed by atoms with Crippen molar-refractivity contribution in [2.45, 2.75) is 75.8 Å². The summed E-state index contributed by atoms with van der Waals surface area (Å²) in [5.74, 6) is 0.452. The first-order valence-corrected chi connectivity index (χ1v) is 13.1. The maximum absolute atomic E-state index is 13.4. The third-order valence-electron chi connectivity index (χ3n) is 8.19. The molecule has 8 heteroatoms. The second-order valence-corrected chi connectivity index (χ2v) is 10.6. The monoisotopic (exact) mass is 493 g/mol. The Morgan fingerprint density at radius 3 is 2.69 bits per heavy atom. The number of carbonyl (C=O) groups excluding carboxylic acids is 3. The zero-order valence-electron chi connectivity index (χ0n) is 22.0. The number of amides is 3. The molecule has 1 aromatic heterocycles. The first kappa shape index (κ1) is 26.1. The summed E-state index contributed by atoms with van der Waals surface area (Å²) in [7, 11) is 3.73. The van der Waals surface area contributed by atoms with E-state index in [1.165, 1.54) is 0 Å². The van der Waals surface area contributed by atoms with Crippen LogP contribution in [0.15, 0.2) is 42.1 Å². The van der Waals surface area contributed by atoms with Gasteiger partial charge in [-0.3, -0.25) is 19.3 Å². The van der Waals surface area contributed by atoms with E-state index in [0.717, 1.165) is 43.4 Å². The van der Waals surface area contributed by atoms with Crippen molar-refractivity contribution >= 4 is 23.5 Å². The number of carbonyl (C=O) groups is 3. The Morgan fingerprint density at radius 2 is 1.97 bits per heavy atom. The summed E-state index contributed by atoms with van der Waals surface area (Å²) in [6, 6.07) is 3.63. The van der Waals surface area contributed by atoms with E-state index in [4.69, 9.17) is 0 Å². The van der Waals surface area contributed by atoms with Gasteiger partial charge in [0.05, 0.1) is 18.0 Å². The third kappa shape index (κ3) is 4.83. The van der Waals surface area contributed by atoms with Gasteiger partial charge in [-0.05, 0) is 58.7 Å². The summed E-state index contributed by atoms with van der Waals surface area (Å²) < 4.78 is 0. The number of nitrogens with one attached hydrogen (secondary N) is 2. The molecule has 2 heterocycles. The first-order chi connectivity index (χ1) is 17.2. The van der Waals surface area contributed by atoms with Crippen LogP contribution in [0.4, 0.5) is 5.82 Å². The summed E-state index contributed by atoms with van der Waals surface area (Å²) in [5.41, 5.74) is 0.776. The van der Waals surface area contributed by atoms with Gasteiger partial charge < -0.3 is 15.5 Å². The molecule has 2 atom stereocenters. The van der Waals surface area contributed by atoms with Crippen molar-refractivity contribution in [3.05, 3.63) is 47.7 Å². The van der Waals surface area contributed by atoms with Crippen LogP contribution in [0, 0.1) is 0 Å². The number of nitrogens with zero attached hydrogens (tertiary/aromatic N) is 3. The maximum Gasteiger partial charge on any atom is 0.243 e. The number of aromatic nitrogens is 1. The number of allylic oxidation sites excluding steroid dienone is 2. The van der Waals surface area contributed by atoms with Gasteiger partial charge in [0.2, 0.25) is 17.7 Å². The van der Waals surface area contributed by atoms with Gasteiger partial charge in [-0.25, -0.2) is 4.98 Å². The van der Waals surface area contributed by atoms with Crippen molar-refractivity contribution in [3.8, 4) is 0 Å².